The third-order valence-electron chi connectivity index (χ3n) is 4.54. The fraction of sp³-hybridized carbons (Fsp3) is 0.300. The van der Waals surface area contributed by atoms with Gasteiger partial charge < -0.3 is 26.1 Å². The third kappa shape index (κ3) is 7.84. The largest absolute Gasteiger partial charge is 0.417 e. The molecule has 11 nitrogen and oxygen atoms in total. The van der Waals surface area contributed by atoms with E-state index in [0.29, 0.717) is 18.8 Å². The minimum atomic E-state index is -4.95. The number of anilines is 1. The zero-order chi connectivity index (χ0) is 26.2. The first kappa shape index (κ1) is 27.4. The van der Waals surface area contributed by atoms with E-state index in [1.807, 2.05) is 4.72 Å². The van der Waals surface area contributed by atoms with Crippen molar-refractivity contribution in [2.24, 2.45) is 16.5 Å². The van der Waals surface area contributed by atoms with Crippen molar-refractivity contribution >= 4 is 33.9 Å². The van der Waals surface area contributed by atoms with E-state index in [1.165, 1.54) is 12.3 Å². The van der Waals surface area contributed by atoms with E-state index in [2.05, 4.69) is 10.3 Å². The molecule has 1 atom stereocenters. The first-order chi connectivity index (χ1) is 16.3. The number of amides is 1. The molecule has 0 unspecified atom stereocenters. The number of aliphatic imine (C=N–C) groups is 1. The van der Waals surface area contributed by atoms with Gasteiger partial charge in [0.25, 0.3) is 15.6 Å². The lowest BCUT2D eigenvalue weighted by atomic mass is 10.2. The summed E-state index contributed by atoms with van der Waals surface area (Å²) < 4.78 is 67.6. The van der Waals surface area contributed by atoms with Gasteiger partial charge in [0, 0.05) is 12.7 Å². The van der Waals surface area contributed by atoms with Gasteiger partial charge in [-0.1, -0.05) is 12.1 Å². The van der Waals surface area contributed by atoms with Gasteiger partial charge in [-0.05, 0) is 37.1 Å². The number of aldehydes is 1. The molecule has 15 heteroatoms. The number of alkyl halides is 3. The summed E-state index contributed by atoms with van der Waals surface area (Å²) in [7, 11) is -4.80. The number of nitrogens with two attached hydrogens (primary N) is 2. The monoisotopic (exact) mass is 516 g/mol. The molecule has 0 radical (unpaired) electrons. The van der Waals surface area contributed by atoms with Crippen molar-refractivity contribution in [3.05, 3.63) is 58.5 Å². The summed E-state index contributed by atoms with van der Waals surface area (Å²) in [5.74, 6) is -0.845. The predicted octanol–water partition coefficient (Wildman–Crippen LogP) is 0.405. The van der Waals surface area contributed by atoms with Crippen LogP contribution in [-0.4, -0.2) is 43.7 Å². The number of hydrogen-bond donors (Lipinski definition) is 4. The number of carbonyl (C=O) groups is 2. The summed E-state index contributed by atoms with van der Waals surface area (Å²) in [6.45, 7) is -0.340. The van der Waals surface area contributed by atoms with Crippen LogP contribution in [0.25, 0.3) is 0 Å². The number of nitrogens with zero attached hydrogens (tertiary/aromatic N) is 2. The summed E-state index contributed by atoms with van der Waals surface area (Å²) >= 11 is 0. The highest BCUT2D eigenvalue weighted by Gasteiger charge is 2.37. The normalized spacial score (nSPS) is 12.4. The number of aromatic nitrogens is 1. The molecule has 0 aliphatic rings. The average molecular weight is 517 g/mol. The number of pyridine rings is 1. The quantitative estimate of drug-likeness (QED) is 0.144. The van der Waals surface area contributed by atoms with Crippen LogP contribution in [-0.2, 0) is 32.3 Å². The van der Waals surface area contributed by atoms with Gasteiger partial charge in [-0.25, -0.2) is 8.42 Å². The molecule has 0 aliphatic heterocycles. The fourth-order valence-corrected chi connectivity index (χ4v) is 4.26. The van der Waals surface area contributed by atoms with Gasteiger partial charge in [0.15, 0.2) is 5.96 Å². The van der Waals surface area contributed by atoms with Gasteiger partial charge in [0.05, 0.1) is 16.5 Å². The first-order valence-electron chi connectivity index (χ1n) is 10.0. The summed E-state index contributed by atoms with van der Waals surface area (Å²) in [6, 6.07) is 4.89. The second-order valence-electron chi connectivity index (χ2n) is 7.21. The maximum Gasteiger partial charge on any atom is 0.417 e. The Morgan fingerprint density at radius 2 is 1.86 bits per heavy atom. The summed E-state index contributed by atoms with van der Waals surface area (Å²) in [6.07, 6.45) is -2.66. The van der Waals surface area contributed by atoms with Gasteiger partial charge in [-0.3, -0.25) is 19.3 Å². The highest BCUT2D eigenvalue weighted by molar-refractivity contribution is 7.92. The van der Waals surface area contributed by atoms with Crippen LogP contribution in [0.2, 0.25) is 0 Å². The van der Waals surface area contributed by atoms with Crippen LogP contribution in [0, 0.1) is 0 Å². The number of guanidine groups is 1. The molecule has 6 N–H and O–H groups in total. The molecular weight excluding hydrogens is 493 g/mol. The lowest BCUT2D eigenvalue weighted by Crippen LogP contribution is -2.40. The predicted molar refractivity (Wildman–Crippen MR) is 121 cm³/mol. The summed E-state index contributed by atoms with van der Waals surface area (Å²) in [5.41, 5.74) is 7.44. The van der Waals surface area contributed by atoms with Crippen molar-refractivity contribution in [2.75, 3.05) is 11.3 Å². The Bertz CT molecular complexity index is 1260. The summed E-state index contributed by atoms with van der Waals surface area (Å²) in [4.78, 5) is 38.8. The number of halogens is 3. The number of sulfonamides is 1. The number of rotatable bonds is 11. The highest BCUT2D eigenvalue weighted by Crippen LogP contribution is 2.34. The minimum absolute atomic E-state index is 0.117. The standard InChI is InChI=1S/C20H23F3N6O5S/c21-20(22,23)14-6-1-2-8-16(14)35(33,34)28-15-7-4-10-29(18(15)32)11-17(31)27-13(12-30)5-3-9-26-19(24)25/h1-2,4,6-8,10,12-13,28H,3,5,9,11H2,(H,27,31)(H4,24,25,26)/t13-/m0/s1. The molecule has 1 heterocycles. The molecule has 0 aliphatic carbocycles. The van der Waals surface area contributed by atoms with Crippen LogP contribution in [0.1, 0.15) is 18.4 Å². The zero-order valence-corrected chi connectivity index (χ0v) is 19.0. The average Bonchev–Trinajstić information content (AvgIpc) is 2.77. The molecule has 1 amide bonds. The van der Waals surface area contributed by atoms with Crippen molar-refractivity contribution in [3.63, 3.8) is 0 Å². The molecule has 190 valence electrons. The molecule has 35 heavy (non-hydrogen) atoms. The van der Waals surface area contributed by atoms with Crippen molar-refractivity contribution in [1.29, 1.82) is 0 Å². The lowest BCUT2D eigenvalue weighted by Gasteiger charge is -2.15. The van der Waals surface area contributed by atoms with E-state index < -0.39 is 56.4 Å². The molecule has 0 bridgehead atoms. The van der Waals surface area contributed by atoms with Gasteiger partial charge in [0.2, 0.25) is 5.91 Å². The van der Waals surface area contributed by atoms with E-state index in [4.69, 9.17) is 11.5 Å². The number of hydrogen-bond acceptors (Lipinski definition) is 6. The molecule has 0 spiro atoms. The molecular formula is C20H23F3N6O5S. The van der Waals surface area contributed by atoms with Crippen LogP contribution in [0.3, 0.4) is 0 Å². The number of benzene rings is 1. The highest BCUT2D eigenvalue weighted by atomic mass is 32.2. The van der Waals surface area contributed by atoms with Crippen LogP contribution in [0.15, 0.2) is 57.3 Å². The van der Waals surface area contributed by atoms with E-state index >= 15 is 0 Å². The lowest BCUT2D eigenvalue weighted by molar-refractivity contribution is -0.139. The van der Waals surface area contributed by atoms with Gasteiger partial charge in [-0.15, -0.1) is 0 Å². The van der Waals surface area contributed by atoms with E-state index in [1.54, 1.807) is 0 Å². The van der Waals surface area contributed by atoms with Gasteiger partial charge in [-0.2, -0.15) is 13.2 Å². The van der Waals surface area contributed by atoms with Crippen molar-refractivity contribution < 1.29 is 31.2 Å². The Morgan fingerprint density at radius 1 is 1.17 bits per heavy atom. The number of nitrogens with one attached hydrogen (secondary N) is 2. The molecule has 2 aromatic rings. The van der Waals surface area contributed by atoms with E-state index in [9.17, 15) is 36.0 Å². The van der Waals surface area contributed by atoms with Crippen LogP contribution in [0.4, 0.5) is 18.9 Å². The Hall–Kier alpha value is -3.88. The van der Waals surface area contributed by atoms with E-state index in [0.717, 1.165) is 28.8 Å². The van der Waals surface area contributed by atoms with Gasteiger partial charge in [0.1, 0.15) is 18.5 Å². The Kier molecular flexibility index (Phi) is 8.99. The maximum absolute atomic E-state index is 13.2. The van der Waals surface area contributed by atoms with Crippen molar-refractivity contribution in [1.82, 2.24) is 9.88 Å². The van der Waals surface area contributed by atoms with Crippen LogP contribution >= 0.6 is 0 Å². The molecule has 1 aromatic carbocycles. The molecule has 0 fully saturated rings. The molecule has 0 saturated carbocycles. The van der Waals surface area contributed by atoms with Gasteiger partial charge >= 0.3 is 6.18 Å². The van der Waals surface area contributed by atoms with Crippen molar-refractivity contribution in [3.8, 4) is 0 Å². The minimum Gasteiger partial charge on any atom is -0.370 e. The Morgan fingerprint density at radius 3 is 2.49 bits per heavy atom. The van der Waals surface area contributed by atoms with Crippen LogP contribution in [0.5, 0.6) is 0 Å². The third-order valence-corrected chi connectivity index (χ3v) is 5.96. The fourth-order valence-electron chi connectivity index (χ4n) is 2.97. The van der Waals surface area contributed by atoms with E-state index in [-0.39, 0.29) is 18.9 Å². The molecule has 1 aromatic heterocycles. The summed E-state index contributed by atoms with van der Waals surface area (Å²) in [5, 5.41) is 2.41. The Balaban J connectivity index is 2.16. The molecule has 0 saturated heterocycles. The van der Waals surface area contributed by atoms with Crippen LogP contribution < -0.4 is 27.1 Å². The number of carbonyl (C=O) groups excluding carboxylic acids is 2. The topological polar surface area (TPSA) is 179 Å². The second-order valence-corrected chi connectivity index (χ2v) is 8.86. The Labute approximate surface area is 198 Å². The molecule has 2 rings (SSSR count). The first-order valence-corrected chi connectivity index (χ1v) is 11.5. The second kappa shape index (κ2) is 11.5. The maximum atomic E-state index is 13.2. The smallest absolute Gasteiger partial charge is 0.370 e. The SMILES string of the molecule is NC(N)=NCCC[C@@H](C=O)NC(=O)Cn1cccc(NS(=O)(=O)c2ccccc2C(F)(F)F)c1=O. The zero-order valence-electron chi connectivity index (χ0n) is 18.2. The van der Waals surface area contributed by atoms with Crippen molar-refractivity contribution in [2.45, 2.75) is 36.5 Å².